The third-order valence-electron chi connectivity index (χ3n) is 8.70. The minimum atomic E-state index is -2.75. The Balaban J connectivity index is 2.10. The van der Waals surface area contributed by atoms with E-state index in [0.717, 1.165) is 16.5 Å². The number of hydrogen-bond acceptors (Lipinski definition) is 4. The Bertz CT molecular complexity index is 896. The number of methoxy groups -OCH3 is 1. The fraction of sp³-hybridized carbons (Fsp3) is 0.727. The second-order valence-corrected chi connectivity index (χ2v) is 26.3. The van der Waals surface area contributed by atoms with Crippen LogP contribution in [0.5, 0.6) is 0 Å². The molecule has 1 aliphatic heterocycles. The third-order valence-corrected chi connectivity index (χ3v) is 23.7. The summed E-state index contributed by atoms with van der Waals surface area (Å²) >= 11 is -2.75. The molecule has 1 saturated heterocycles. The van der Waals surface area contributed by atoms with E-state index in [1.807, 2.05) is 44.2 Å². The summed E-state index contributed by atoms with van der Waals surface area (Å²) in [5.74, 6) is -0.271. The van der Waals surface area contributed by atoms with Gasteiger partial charge in [-0.05, 0) is 0 Å². The zero-order chi connectivity index (χ0) is 28.5. The number of unbranched alkanes of at least 4 members (excludes halogenated alkanes) is 3. The molecular formula is C33H55NO4Sn. The van der Waals surface area contributed by atoms with Gasteiger partial charge in [-0.2, -0.15) is 0 Å². The summed E-state index contributed by atoms with van der Waals surface area (Å²) in [5, 5.41) is 0. The molecule has 0 bridgehead atoms. The maximum absolute atomic E-state index is 14.6. The quantitative estimate of drug-likeness (QED) is 0.135. The average Bonchev–Trinajstić information content (AvgIpc) is 3.38. The molecule has 1 saturated carbocycles. The van der Waals surface area contributed by atoms with Crippen LogP contribution >= 0.6 is 0 Å². The summed E-state index contributed by atoms with van der Waals surface area (Å²) in [4.78, 5) is 16.9. The number of hydrogen-bond donors (Lipinski definition) is 0. The number of rotatable bonds is 16. The van der Waals surface area contributed by atoms with Gasteiger partial charge in [0.2, 0.25) is 0 Å². The second kappa shape index (κ2) is 15.4. The van der Waals surface area contributed by atoms with Crippen molar-refractivity contribution in [2.24, 2.45) is 5.92 Å². The predicted octanol–water partition coefficient (Wildman–Crippen LogP) is 8.02. The Morgan fingerprint density at radius 2 is 1.62 bits per heavy atom. The van der Waals surface area contributed by atoms with E-state index < -0.39 is 24.2 Å². The number of ether oxygens (including phenoxy) is 3. The summed E-state index contributed by atoms with van der Waals surface area (Å²) in [6.07, 6.45) is 10.7. The van der Waals surface area contributed by atoms with E-state index in [2.05, 4.69) is 38.7 Å². The van der Waals surface area contributed by atoms with Gasteiger partial charge in [-0.25, -0.2) is 0 Å². The number of fused-ring (bicyclic) bond motifs is 1. The van der Waals surface area contributed by atoms with E-state index in [-0.39, 0.29) is 30.1 Å². The standard InChI is InChI=1S/C21H28NO4.3C4H9.Sn/c1-14(13-24-5)11-16-12-17-19(26-21(2,3)25-17)18(16)22(4)20(23)15-9-7-6-8-10-15;3*1-3-4-2;/h6-11,16-19H,4,12-13H2,1-3,5H3;3*1,3-4H2,2H3;/b14-11+;;;;/t16-,17-,18-,19-;;;;/m1..../s1. The average molecular weight is 649 g/mol. The van der Waals surface area contributed by atoms with Crippen LogP contribution in [0.1, 0.15) is 96.8 Å². The molecular weight excluding hydrogens is 593 g/mol. The zero-order valence-corrected chi connectivity index (χ0v) is 28.7. The summed E-state index contributed by atoms with van der Waals surface area (Å²) in [7, 11) is 1.75. The van der Waals surface area contributed by atoms with Crippen molar-refractivity contribution in [1.82, 2.24) is 4.90 Å². The molecule has 1 aromatic rings. The zero-order valence-electron chi connectivity index (χ0n) is 25.8. The first kappa shape index (κ1) is 32.6. The Hall–Kier alpha value is -0.891. The first-order valence-corrected chi connectivity index (χ1v) is 23.6. The fourth-order valence-electron chi connectivity index (χ4n) is 6.89. The Labute approximate surface area is 242 Å². The molecule has 0 spiro atoms. The van der Waals surface area contributed by atoms with Crippen LogP contribution in [-0.2, 0) is 14.2 Å². The van der Waals surface area contributed by atoms with Gasteiger partial charge >= 0.3 is 244 Å². The normalized spacial score (nSPS) is 24.6. The SMILES string of the molecule is CCC[CH2][Sn]([CH2]CCC)([CH2]CCC)[CH2]N(C(=O)c1ccccc1)[C@H]1[C@@H]2OC(C)(C)O[C@@H]2C[C@H]1/C=C(\C)COC. The molecule has 4 atom stereocenters. The van der Waals surface area contributed by atoms with Crippen LogP contribution in [0.3, 0.4) is 0 Å². The topological polar surface area (TPSA) is 48.0 Å². The number of carbonyl (C=O) groups is 1. The molecule has 0 N–H and O–H groups in total. The van der Waals surface area contributed by atoms with Gasteiger partial charge in [0.05, 0.1) is 0 Å². The first-order chi connectivity index (χ1) is 18.7. The van der Waals surface area contributed by atoms with Crippen LogP contribution in [0, 0.1) is 5.92 Å². The van der Waals surface area contributed by atoms with E-state index >= 15 is 0 Å². The van der Waals surface area contributed by atoms with E-state index in [9.17, 15) is 4.79 Å². The van der Waals surface area contributed by atoms with Crippen LogP contribution in [0.2, 0.25) is 13.3 Å². The van der Waals surface area contributed by atoms with Crippen LogP contribution in [0.4, 0.5) is 0 Å². The van der Waals surface area contributed by atoms with Crippen molar-refractivity contribution in [2.45, 2.75) is 124 Å². The van der Waals surface area contributed by atoms with Crippen LogP contribution in [0.25, 0.3) is 0 Å². The summed E-state index contributed by atoms with van der Waals surface area (Å²) in [6, 6.07) is 9.92. The Morgan fingerprint density at radius 1 is 1.03 bits per heavy atom. The predicted molar refractivity (Wildman–Crippen MR) is 164 cm³/mol. The molecule has 1 heterocycles. The molecule has 2 aliphatic rings. The summed E-state index contributed by atoms with van der Waals surface area (Å²) in [5.41, 5.74) is 1.99. The maximum atomic E-state index is 14.6. The molecule has 1 aromatic carbocycles. The number of amides is 1. The van der Waals surface area contributed by atoms with Crippen LogP contribution < -0.4 is 0 Å². The number of nitrogens with zero attached hydrogens (tertiary/aromatic N) is 1. The van der Waals surface area contributed by atoms with Crippen molar-refractivity contribution < 1.29 is 19.0 Å². The van der Waals surface area contributed by atoms with E-state index in [1.165, 1.54) is 57.4 Å². The van der Waals surface area contributed by atoms with Gasteiger partial charge < -0.3 is 0 Å². The van der Waals surface area contributed by atoms with Crippen molar-refractivity contribution in [3.05, 3.63) is 47.5 Å². The molecule has 6 heteroatoms. The molecule has 220 valence electrons. The molecule has 5 nitrogen and oxygen atoms in total. The van der Waals surface area contributed by atoms with Crippen LogP contribution in [0.15, 0.2) is 42.0 Å². The molecule has 1 aliphatic carbocycles. The fourth-order valence-corrected chi connectivity index (χ4v) is 22.9. The molecule has 0 unspecified atom stereocenters. The molecule has 1 amide bonds. The summed E-state index contributed by atoms with van der Waals surface area (Å²) in [6.45, 7) is 13.7. The number of benzene rings is 1. The van der Waals surface area contributed by atoms with Gasteiger partial charge in [-0.15, -0.1) is 0 Å². The van der Waals surface area contributed by atoms with Gasteiger partial charge in [0.1, 0.15) is 0 Å². The third kappa shape index (κ3) is 8.80. The van der Waals surface area contributed by atoms with Crippen LogP contribution in [-0.4, -0.2) is 71.5 Å². The van der Waals surface area contributed by atoms with Gasteiger partial charge in [-0.1, -0.05) is 0 Å². The number of carbonyl (C=O) groups excluding carboxylic acids is 1. The molecule has 3 rings (SSSR count). The van der Waals surface area contributed by atoms with Gasteiger partial charge in [-0.3, -0.25) is 0 Å². The van der Waals surface area contributed by atoms with Crippen molar-refractivity contribution in [1.29, 1.82) is 0 Å². The summed E-state index contributed by atoms with van der Waals surface area (Å²) < 4.78 is 23.6. The monoisotopic (exact) mass is 649 g/mol. The molecule has 0 aromatic heterocycles. The molecule has 39 heavy (non-hydrogen) atoms. The van der Waals surface area contributed by atoms with Gasteiger partial charge in [0, 0.05) is 0 Å². The van der Waals surface area contributed by atoms with Crippen molar-refractivity contribution >= 4 is 24.3 Å². The van der Waals surface area contributed by atoms with Gasteiger partial charge in [0.25, 0.3) is 0 Å². The minimum absolute atomic E-state index is 0.000747. The Morgan fingerprint density at radius 3 is 2.15 bits per heavy atom. The molecule has 2 fully saturated rings. The van der Waals surface area contributed by atoms with E-state index in [4.69, 9.17) is 14.2 Å². The first-order valence-electron chi connectivity index (χ1n) is 15.6. The van der Waals surface area contributed by atoms with Crippen molar-refractivity contribution in [3.8, 4) is 0 Å². The van der Waals surface area contributed by atoms with Crippen molar-refractivity contribution in [2.75, 3.05) is 18.3 Å². The Kier molecular flexibility index (Phi) is 12.9. The van der Waals surface area contributed by atoms with Gasteiger partial charge in [0.15, 0.2) is 0 Å². The van der Waals surface area contributed by atoms with Crippen molar-refractivity contribution in [3.63, 3.8) is 0 Å². The van der Waals surface area contributed by atoms with E-state index in [1.54, 1.807) is 7.11 Å². The van der Waals surface area contributed by atoms with E-state index in [0.29, 0.717) is 6.61 Å². The molecule has 0 radical (unpaired) electrons. The second-order valence-electron chi connectivity index (χ2n) is 12.6.